The summed E-state index contributed by atoms with van der Waals surface area (Å²) >= 11 is 5.62. The van der Waals surface area contributed by atoms with E-state index in [1.807, 2.05) is 0 Å². The van der Waals surface area contributed by atoms with Gasteiger partial charge in [0.2, 0.25) is 0 Å². The van der Waals surface area contributed by atoms with Crippen molar-refractivity contribution in [1.82, 2.24) is 5.32 Å². The fourth-order valence-corrected chi connectivity index (χ4v) is 2.11. The highest BCUT2D eigenvalue weighted by Crippen LogP contribution is 2.22. The van der Waals surface area contributed by atoms with Gasteiger partial charge in [0, 0.05) is 18.1 Å². The van der Waals surface area contributed by atoms with Crippen LogP contribution in [0.25, 0.3) is 0 Å². The molecule has 0 saturated heterocycles. The zero-order valence-corrected chi connectivity index (χ0v) is 10.1. The van der Waals surface area contributed by atoms with Gasteiger partial charge in [-0.3, -0.25) is 0 Å². The van der Waals surface area contributed by atoms with Gasteiger partial charge < -0.3 is 5.32 Å². The first-order chi connectivity index (χ1) is 6.72. The molecule has 0 radical (unpaired) electrons. The van der Waals surface area contributed by atoms with E-state index in [-0.39, 0.29) is 0 Å². The maximum atomic E-state index is 5.62. The minimum Gasteiger partial charge on any atom is -0.310 e. The predicted molar refractivity (Wildman–Crippen MR) is 63.6 cm³/mol. The van der Waals surface area contributed by atoms with Gasteiger partial charge in [-0.2, -0.15) is 0 Å². The SMILES string of the molecule is CC(=CCl)CNC1CCCC(C)CC1. The van der Waals surface area contributed by atoms with Crippen molar-refractivity contribution < 1.29 is 0 Å². The molecule has 1 nitrogen and oxygen atoms in total. The van der Waals surface area contributed by atoms with Crippen molar-refractivity contribution in [3.8, 4) is 0 Å². The molecule has 14 heavy (non-hydrogen) atoms. The lowest BCUT2D eigenvalue weighted by molar-refractivity contribution is 0.461. The molecule has 2 heteroatoms. The molecular weight excluding hydrogens is 194 g/mol. The van der Waals surface area contributed by atoms with E-state index in [0.717, 1.165) is 12.5 Å². The molecule has 0 heterocycles. The van der Waals surface area contributed by atoms with Crippen LogP contribution in [0.2, 0.25) is 0 Å². The van der Waals surface area contributed by atoms with Gasteiger partial charge in [-0.1, -0.05) is 31.4 Å². The average Bonchev–Trinajstić information content (AvgIpc) is 2.39. The van der Waals surface area contributed by atoms with Crippen molar-refractivity contribution in [3.63, 3.8) is 0 Å². The van der Waals surface area contributed by atoms with Crippen molar-refractivity contribution in [2.75, 3.05) is 6.54 Å². The van der Waals surface area contributed by atoms with Gasteiger partial charge in [-0.25, -0.2) is 0 Å². The summed E-state index contributed by atoms with van der Waals surface area (Å²) in [6.45, 7) is 5.38. The summed E-state index contributed by atoms with van der Waals surface area (Å²) in [6.07, 6.45) is 6.82. The maximum absolute atomic E-state index is 5.62. The maximum Gasteiger partial charge on any atom is 0.0176 e. The second kappa shape index (κ2) is 6.47. The zero-order valence-electron chi connectivity index (χ0n) is 9.35. The second-order valence-corrected chi connectivity index (χ2v) is 4.86. The van der Waals surface area contributed by atoms with Crippen LogP contribution in [0.5, 0.6) is 0 Å². The van der Waals surface area contributed by atoms with Crippen LogP contribution < -0.4 is 5.32 Å². The van der Waals surface area contributed by atoms with E-state index in [2.05, 4.69) is 19.2 Å². The Morgan fingerprint density at radius 3 is 2.86 bits per heavy atom. The molecule has 0 aromatic heterocycles. The molecule has 0 aromatic carbocycles. The lowest BCUT2D eigenvalue weighted by Crippen LogP contribution is -2.29. The van der Waals surface area contributed by atoms with E-state index in [4.69, 9.17) is 11.6 Å². The van der Waals surface area contributed by atoms with Crippen LogP contribution in [0.15, 0.2) is 11.1 Å². The van der Waals surface area contributed by atoms with E-state index >= 15 is 0 Å². The van der Waals surface area contributed by atoms with Crippen molar-refractivity contribution in [3.05, 3.63) is 11.1 Å². The van der Waals surface area contributed by atoms with E-state index < -0.39 is 0 Å². The van der Waals surface area contributed by atoms with Crippen LogP contribution >= 0.6 is 11.6 Å². The summed E-state index contributed by atoms with van der Waals surface area (Å²) in [5.41, 5.74) is 2.90. The molecule has 1 rings (SSSR count). The lowest BCUT2D eigenvalue weighted by Gasteiger charge is -2.16. The van der Waals surface area contributed by atoms with Crippen LogP contribution in [0.3, 0.4) is 0 Å². The van der Waals surface area contributed by atoms with Crippen LogP contribution in [-0.2, 0) is 0 Å². The molecular formula is C12H22ClN. The number of nitrogens with one attached hydrogen (secondary N) is 1. The van der Waals surface area contributed by atoms with Crippen LogP contribution in [-0.4, -0.2) is 12.6 Å². The minimum atomic E-state index is 0.714. The fraction of sp³-hybridized carbons (Fsp3) is 0.833. The van der Waals surface area contributed by atoms with Crippen molar-refractivity contribution in [1.29, 1.82) is 0 Å². The molecule has 0 aliphatic heterocycles. The fourth-order valence-electron chi connectivity index (χ4n) is 2.04. The quantitative estimate of drug-likeness (QED) is 0.709. The second-order valence-electron chi connectivity index (χ2n) is 4.65. The number of hydrogen-bond donors (Lipinski definition) is 1. The molecule has 1 aliphatic rings. The third-order valence-corrected chi connectivity index (χ3v) is 3.49. The van der Waals surface area contributed by atoms with Crippen LogP contribution in [0, 0.1) is 5.92 Å². The summed E-state index contributed by atoms with van der Waals surface area (Å²) < 4.78 is 0. The summed E-state index contributed by atoms with van der Waals surface area (Å²) in [4.78, 5) is 0. The monoisotopic (exact) mass is 215 g/mol. The normalized spacial score (nSPS) is 30.1. The van der Waals surface area contributed by atoms with E-state index in [1.165, 1.54) is 37.7 Å². The van der Waals surface area contributed by atoms with Gasteiger partial charge >= 0.3 is 0 Å². The summed E-state index contributed by atoms with van der Waals surface area (Å²) in [5.74, 6) is 0.923. The minimum absolute atomic E-state index is 0.714. The van der Waals surface area contributed by atoms with Gasteiger partial charge in [0.1, 0.15) is 0 Å². The third kappa shape index (κ3) is 4.47. The Hall–Kier alpha value is -0.0100. The average molecular weight is 216 g/mol. The molecule has 0 spiro atoms. The number of hydrogen-bond acceptors (Lipinski definition) is 1. The smallest absolute Gasteiger partial charge is 0.0176 e. The molecule has 2 atom stereocenters. The predicted octanol–water partition coefficient (Wildman–Crippen LogP) is 3.69. The Balaban J connectivity index is 2.24. The van der Waals surface area contributed by atoms with Gasteiger partial charge in [0.15, 0.2) is 0 Å². The summed E-state index contributed by atoms with van der Waals surface area (Å²) in [5, 5.41) is 3.58. The molecule has 0 bridgehead atoms. The highest BCUT2D eigenvalue weighted by molar-refractivity contribution is 6.25. The lowest BCUT2D eigenvalue weighted by atomic mass is 10.0. The molecule has 0 amide bonds. The van der Waals surface area contributed by atoms with E-state index in [1.54, 1.807) is 5.54 Å². The van der Waals surface area contributed by atoms with Gasteiger partial charge in [0.05, 0.1) is 0 Å². The van der Waals surface area contributed by atoms with Gasteiger partial charge in [0.25, 0.3) is 0 Å². The van der Waals surface area contributed by atoms with Gasteiger partial charge in [-0.05, 0) is 37.7 Å². The largest absolute Gasteiger partial charge is 0.310 e. The molecule has 82 valence electrons. The molecule has 1 fully saturated rings. The first-order valence-corrected chi connectivity index (χ1v) is 6.15. The Labute approximate surface area is 92.9 Å². The Kier molecular flexibility index (Phi) is 5.57. The summed E-state index contributed by atoms with van der Waals surface area (Å²) in [6, 6.07) is 0.714. The molecule has 1 N–H and O–H groups in total. The van der Waals surface area contributed by atoms with E-state index in [0.29, 0.717) is 6.04 Å². The first-order valence-electron chi connectivity index (χ1n) is 5.71. The topological polar surface area (TPSA) is 12.0 Å². The Morgan fingerprint density at radius 1 is 1.36 bits per heavy atom. The van der Waals surface area contributed by atoms with Crippen LogP contribution in [0.1, 0.15) is 46.0 Å². The Bertz CT molecular complexity index is 189. The van der Waals surface area contributed by atoms with Crippen molar-refractivity contribution in [2.45, 2.75) is 52.0 Å². The third-order valence-electron chi connectivity index (χ3n) is 3.11. The molecule has 2 unspecified atom stereocenters. The van der Waals surface area contributed by atoms with Crippen molar-refractivity contribution in [2.24, 2.45) is 5.92 Å². The molecule has 1 saturated carbocycles. The standard InChI is InChI=1S/C12H22ClN/c1-10-4-3-5-12(7-6-10)14-9-11(2)8-13/h8,10,12,14H,3-7,9H2,1-2H3. The highest BCUT2D eigenvalue weighted by Gasteiger charge is 2.15. The van der Waals surface area contributed by atoms with Crippen LogP contribution in [0.4, 0.5) is 0 Å². The highest BCUT2D eigenvalue weighted by atomic mass is 35.5. The number of rotatable bonds is 3. The first kappa shape index (κ1) is 12.1. The zero-order chi connectivity index (χ0) is 10.4. The van der Waals surface area contributed by atoms with Crippen molar-refractivity contribution >= 4 is 11.6 Å². The molecule has 1 aliphatic carbocycles. The van der Waals surface area contributed by atoms with Gasteiger partial charge in [-0.15, -0.1) is 0 Å². The van der Waals surface area contributed by atoms with E-state index in [9.17, 15) is 0 Å². The summed E-state index contributed by atoms with van der Waals surface area (Å²) in [7, 11) is 0. The Morgan fingerprint density at radius 2 is 2.14 bits per heavy atom. The number of halogens is 1. The molecule has 0 aromatic rings.